The number of amides is 1. The first-order chi connectivity index (χ1) is 12.2. The Hall–Kier alpha value is -2.20. The van der Waals surface area contributed by atoms with Crippen molar-refractivity contribution >= 4 is 17.5 Å². The van der Waals surface area contributed by atoms with Crippen molar-refractivity contribution in [3.8, 4) is 11.5 Å². The molecule has 1 amide bonds. The Kier molecular flexibility index (Phi) is 4.53. The van der Waals surface area contributed by atoms with Gasteiger partial charge in [0.25, 0.3) is 5.91 Å². The third-order valence-corrected chi connectivity index (χ3v) is 5.30. The van der Waals surface area contributed by atoms with E-state index in [0.29, 0.717) is 28.0 Å². The van der Waals surface area contributed by atoms with Crippen molar-refractivity contribution in [1.82, 2.24) is 5.32 Å². The summed E-state index contributed by atoms with van der Waals surface area (Å²) in [6.07, 6.45) is 4.17. The van der Waals surface area contributed by atoms with Gasteiger partial charge in [0.2, 0.25) is 6.79 Å². The van der Waals surface area contributed by atoms with Gasteiger partial charge < -0.3 is 14.8 Å². The molecule has 0 radical (unpaired) electrons. The van der Waals surface area contributed by atoms with Gasteiger partial charge in [0.15, 0.2) is 11.5 Å². The van der Waals surface area contributed by atoms with Crippen LogP contribution < -0.4 is 14.8 Å². The van der Waals surface area contributed by atoms with Crippen molar-refractivity contribution in [2.45, 2.75) is 37.6 Å². The number of carbonyl (C=O) groups is 1. The van der Waals surface area contributed by atoms with Crippen LogP contribution in [-0.2, 0) is 0 Å². The molecule has 1 aliphatic carbocycles. The first kappa shape index (κ1) is 16.3. The van der Waals surface area contributed by atoms with Gasteiger partial charge in [0, 0.05) is 11.6 Å². The molecule has 5 heteroatoms. The fraction of sp³-hybridized carbons (Fsp3) is 0.350. The van der Waals surface area contributed by atoms with Crippen LogP contribution in [0.5, 0.6) is 11.5 Å². The van der Waals surface area contributed by atoms with E-state index >= 15 is 0 Å². The topological polar surface area (TPSA) is 47.6 Å². The number of nitrogens with one attached hydrogen (secondary N) is 1. The van der Waals surface area contributed by atoms with E-state index in [2.05, 4.69) is 29.6 Å². The molecule has 2 aliphatic rings. The summed E-state index contributed by atoms with van der Waals surface area (Å²) in [6.45, 7) is 0.142. The van der Waals surface area contributed by atoms with E-state index in [1.165, 1.54) is 5.56 Å². The Bertz CT molecular complexity index is 770. The van der Waals surface area contributed by atoms with Crippen molar-refractivity contribution in [1.29, 1.82) is 0 Å². The summed E-state index contributed by atoms with van der Waals surface area (Å²) >= 11 is 6.16. The van der Waals surface area contributed by atoms with Gasteiger partial charge in [-0.25, -0.2) is 0 Å². The van der Waals surface area contributed by atoms with Gasteiger partial charge in [-0.3, -0.25) is 4.79 Å². The normalized spacial score (nSPS) is 21.8. The molecule has 0 saturated heterocycles. The zero-order valence-corrected chi connectivity index (χ0v) is 14.6. The lowest BCUT2D eigenvalue weighted by atomic mass is 9.82. The molecule has 25 heavy (non-hydrogen) atoms. The lowest BCUT2D eigenvalue weighted by Crippen LogP contribution is -2.37. The van der Waals surface area contributed by atoms with Gasteiger partial charge >= 0.3 is 0 Å². The Balaban J connectivity index is 1.37. The van der Waals surface area contributed by atoms with Crippen LogP contribution in [0.15, 0.2) is 42.5 Å². The van der Waals surface area contributed by atoms with Gasteiger partial charge in [-0.05, 0) is 49.3 Å². The molecule has 0 atom stereocenters. The average Bonchev–Trinajstić information content (AvgIpc) is 3.12. The lowest BCUT2D eigenvalue weighted by Gasteiger charge is -2.29. The van der Waals surface area contributed by atoms with Crippen molar-refractivity contribution < 1.29 is 14.3 Å². The summed E-state index contributed by atoms with van der Waals surface area (Å²) in [4.78, 5) is 12.6. The number of ether oxygens (including phenoxy) is 2. The van der Waals surface area contributed by atoms with Crippen LogP contribution in [0.1, 0.15) is 47.5 Å². The molecule has 0 aromatic heterocycles. The van der Waals surface area contributed by atoms with E-state index in [9.17, 15) is 4.79 Å². The molecule has 0 unspecified atom stereocenters. The second-order valence-corrected chi connectivity index (χ2v) is 7.03. The predicted molar refractivity (Wildman–Crippen MR) is 96.5 cm³/mol. The molecule has 0 spiro atoms. The van der Waals surface area contributed by atoms with Gasteiger partial charge in [0.05, 0.1) is 5.02 Å². The largest absolute Gasteiger partial charge is 0.454 e. The van der Waals surface area contributed by atoms with Gasteiger partial charge in [-0.2, -0.15) is 0 Å². The number of benzene rings is 2. The van der Waals surface area contributed by atoms with Crippen molar-refractivity contribution in [2.24, 2.45) is 0 Å². The van der Waals surface area contributed by atoms with Gasteiger partial charge in [-0.1, -0.05) is 41.9 Å². The van der Waals surface area contributed by atoms with Crippen molar-refractivity contribution in [3.63, 3.8) is 0 Å². The monoisotopic (exact) mass is 357 g/mol. The lowest BCUT2D eigenvalue weighted by molar-refractivity contribution is 0.0925. The smallest absolute Gasteiger partial charge is 0.251 e. The van der Waals surface area contributed by atoms with Crippen LogP contribution in [0.2, 0.25) is 5.02 Å². The van der Waals surface area contributed by atoms with Gasteiger partial charge in [-0.15, -0.1) is 0 Å². The zero-order valence-electron chi connectivity index (χ0n) is 13.8. The zero-order chi connectivity index (χ0) is 17.2. The van der Waals surface area contributed by atoms with Crippen LogP contribution in [-0.4, -0.2) is 18.7 Å². The molecule has 1 N–H and O–H groups in total. The van der Waals surface area contributed by atoms with Crippen LogP contribution in [0.3, 0.4) is 0 Å². The Morgan fingerprint density at radius 1 is 1.04 bits per heavy atom. The van der Waals surface area contributed by atoms with Crippen LogP contribution >= 0.6 is 11.6 Å². The molecular formula is C20H20ClNO3. The van der Waals surface area contributed by atoms with Crippen molar-refractivity contribution in [2.75, 3.05) is 6.79 Å². The number of rotatable bonds is 3. The van der Waals surface area contributed by atoms with E-state index in [-0.39, 0.29) is 18.7 Å². The Morgan fingerprint density at radius 2 is 1.80 bits per heavy atom. The molecule has 4 rings (SSSR count). The van der Waals surface area contributed by atoms with E-state index in [1.807, 2.05) is 6.07 Å². The fourth-order valence-electron chi connectivity index (χ4n) is 3.66. The third-order valence-electron chi connectivity index (χ3n) is 5.02. The minimum atomic E-state index is -0.108. The molecule has 1 fully saturated rings. The van der Waals surface area contributed by atoms with E-state index in [0.717, 1.165) is 25.7 Å². The molecule has 2 aromatic rings. The predicted octanol–water partition coefficient (Wildman–Crippen LogP) is 4.52. The first-order valence-electron chi connectivity index (χ1n) is 8.65. The highest BCUT2D eigenvalue weighted by Gasteiger charge is 2.25. The maximum Gasteiger partial charge on any atom is 0.251 e. The highest BCUT2D eigenvalue weighted by molar-refractivity contribution is 6.32. The average molecular weight is 358 g/mol. The molecule has 1 aliphatic heterocycles. The summed E-state index contributed by atoms with van der Waals surface area (Å²) in [5, 5.41) is 3.54. The quantitative estimate of drug-likeness (QED) is 0.878. The van der Waals surface area contributed by atoms with E-state index < -0.39 is 0 Å². The highest BCUT2D eigenvalue weighted by atomic mass is 35.5. The minimum absolute atomic E-state index is 0.108. The summed E-state index contributed by atoms with van der Waals surface area (Å²) in [5.41, 5.74) is 1.91. The SMILES string of the molecule is O=C(NC1CCC(c2ccccc2)CC1)c1cc(Cl)c2c(c1)OCO2. The molecule has 0 bridgehead atoms. The van der Waals surface area contributed by atoms with Crippen LogP contribution in [0, 0.1) is 0 Å². The number of hydrogen-bond acceptors (Lipinski definition) is 3. The Morgan fingerprint density at radius 3 is 2.56 bits per heavy atom. The second kappa shape index (κ2) is 6.96. The van der Waals surface area contributed by atoms with Crippen molar-refractivity contribution in [3.05, 3.63) is 58.6 Å². The number of halogens is 1. The Labute approximate surface area is 152 Å². The number of carbonyl (C=O) groups excluding carboxylic acids is 1. The molecule has 1 heterocycles. The first-order valence-corrected chi connectivity index (χ1v) is 9.03. The second-order valence-electron chi connectivity index (χ2n) is 6.62. The highest BCUT2D eigenvalue weighted by Crippen LogP contribution is 2.40. The maximum atomic E-state index is 12.6. The summed E-state index contributed by atoms with van der Waals surface area (Å²) in [5.74, 6) is 1.53. The molecule has 130 valence electrons. The summed E-state index contributed by atoms with van der Waals surface area (Å²) in [6, 6.07) is 14.2. The van der Waals surface area contributed by atoms with E-state index in [1.54, 1.807) is 12.1 Å². The standard InChI is InChI=1S/C20H20ClNO3/c21-17-10-15(11-18-19(17)25-12-24-18)20(23)22-16-8-6-14(7-9-16)13-4-2-1-3-5-13/h1-5,10-11,14,16H,6-9,12H2,(H,22,23). The molecule has 2 aromatic carbocycles. The summed E-state index contributed by atoms with van der Waals surface area (Å²) in [7, 11) is 0. The number of fused-ring (bicyclic) bond motifs is 1. The van der Waals surface area contributed by atoms with Crippen LogP contribution in [0.4, 0.5) is 0 Å². The summed E-state index contributed by atoms with van der Waals surface area (Å²) < 4.78 is 10.6. The molecular weight excluding hydrogens is 338 g/mol. The van der Waals surface area contributed by atoms with Gasteiger partial charge in [0.1, 0.15) is 0 Å². The fourth-order valence-corrected chi connectivity index (χ4v) is 3.93. The maximum absolute atomic E-state index is 12.6. The minimum Gasteiger partial charge on any atom is -0.454 e. The van der Waals surface area contributed by atoms with E-state index in [4.69, 9.17) is 21.1 Å². The third kappa shape index (κ3) is 3.45. The molecule has 1 saturated carbocycles. The van der Waals surface area contributed by atoms with Crippen LogP contribution in [0.25, 0.3) is 0 Å². The molecule has 4 nitrogen and oxygen atoms in total. The number of hydrogen-bond donors (Lipinski definition) is 1.